The highest BCUT2D eigenvalue weighted by Crippen LogP contribution is 2.59. The van der Waals surface area contributed by atoms with Crippen molar-refractivity contribution in [2.75, 3.05) is 7.11 Å². The van der Waals surface area contributed by atoms with Crippen LogP contribution >= 0.6 is 0 Å². The van der Waals surface area contributed by atoms with E-state index in [0.717, 1.165) is 40.2 Å². The zero-order valence-corrected chi connectivity index (χ0v) is 23.8. The Morgan fingerprint density at radius 3 is 1.90 bits per heavy atom. The fourth-order valence-corrected chi connectivity index (χ4v) is 9.25. The number of ether oxygens (including phenoxy) is 2. The minimum absolute atomic E-state index is 0.0559. The van der Waals surface area contributed by atoms with Crippen molar-refractivity contribution in [3.63, 3.8) is 0 Å². The van der Waals surface area contributed by atoms with Crippen LogP contribution in [0.15, 0.2) is 75.4 Å². The predicted molar refractivity (Wildman–Crippen MR) is 151 cm³/mol. The number of rotatable bonds is 7. The first kappa shape index (κ1) is 26.6. The molecule has 1 N–H and O–H groups in total. The lowest BCUT2D eigenvalue weighted by molar-refractivity contribution is -0.167. The standard InChI is InChI=1S/C33H32O6S/c1-19-4-8-24(9-5-19)40(25-10-6-20(2)7-11-25)29-15-28(27(38-3)14-26(29)31(35)36)39-32(37)33-16-21-12-22(17-33)30(34)23(13-21)18-33/h4-11,14-15,21-23H,12-13,16-18H2,1-3H3/p+1. The number of carbonyl (C=O) groups excluding carboxylic acids is 2. The molecule has 3 aromatic carbocycles. The molecule has 2 unspecified atom stereocenters. The van der Waals surface area contributed by atoms with Crippen molar-refractivity contribution in [3.05, 3.63) is 77.4 Å². The Morgan fingerprint density at radius 2 is 1.40 bits per heavy atom. The van der Waals surface area contributed by atoms with E-state index in [0.29, 0.717) is 29.4 Å². The molecule has 40 heavy (non-hydrogen) atoms. The molecule has 0 radical (unpaired) electrons. The highest BCUT2D eigenvalue weighted by Gasteiger charge is 2.59. The van der Waals surface area contributed by atoms with Gasteiger partial charge in [0.15, 0.2) is 26.2 Å². The summed E-state index contributed by atoms with van der Waals surface area (Å²) in [4.78, 5) is 41.6. The van der Waals surface area contributed by atoms with E-state index in [2.05, 4.69) is 0 Å². The first-order valence-corrected chi connectivity index (χ1v) is 15.0. The van der Waals surface area contributed by atoms with Crippen LogP contribution in [-0.4, -0.2) is 29.9 Å². The zero-order valence-electron chi connectivity index (χ0n) is 22.9. The summed E-state index contributed by atoms with van der Waals surface area (Å²) in [5, 5.41) is 10.3. The lowest BCUT2D eigenvalue weighted by atomic mass is 9.49. The van der Waals surface area contributed by atoms with Crippen LogP contribution in [0.5, 0.6) is 11.5 Å². The fraction of sp³-hybridized carbons (Fsp3) is 0.364. The molecule has 0 heterocycles. The van der Waals surface area contributed by atoms with Crippen LogP contribution in [0.1, 0.15) is 53.6 Å². The van der Waals surface area contributed by atoms with Gasteiger partial charge in [0.2, 0.25) is 0 Å². The molecule has 4 saturated carbocycles. The Labute approximate surface area is 237 Å². The van der Waals surface area contributed by atoms with E-state index in [1.165, 1.54) is 13.2 Å². The molecule has 4 fully saturated rings. The average molecular weight is 558 g/mol. The van der Waals surface area contributed by atoms with Gasteiger partial charge in [0.05, 0.1) is 12.5 Å². The molecular formula is C33H33O6S+. The van der Waals surface area contributed by atoms with Gasteiger partial charge in [-0.1, -0.05) is 35.4 Å². The van der Waals surface area contributed by atoms with Crippen molar-refractivity contribution >= 4 is 28.6 Å². The maximum Gasteiger partial charge on any atom is 0.341 e. The average Bonchev–Trinajstić information content (AvgIpc) is 2.93. The summed E-state index contributed by atoms with van der Waals surface area (Å²) >= 11 is 0. The molecule has 7 rings (SSSR count). The molecule has 7 heteroatoms. The highest BCUT2D eigenvalue weighted by molar-refractivity contribution is 7.97. The highest BCUT2D eigenvalue weighted by atomic mass is 32.2. The normalized spacial score (nSPS) is 24.8. The molecule has 0 spiro atoms. The van der Waals surface area contributed by atoms with E-state index >= 15 is 0 Å². The third-order valence-corrected chi connectivity index (χ3v) is 11.1. The second kappa shape index (κ2) is 10.1. The predicted octanol–water partition coefficient (Wildman–Crippen LogP) is 6.41. The summed E-state index contributed by atoms with van der Waals surface area (Å²) < 4.78 is 11.7. The summed E-state index contributed by atoms with van der Waals surface area (Å²) in [7, 11) is 0.660. The topological polar surface area (TPSA) is 89.9 Å². The number of hydrogen-bond acceptors (Lipinski definition) is 5. The number of hydrogen-bond donors (Lipinski definition) is 1. The Bertz CT molecular complexity index is 1430. The number of methoxy groups -OCH3 is 1. The molecule has 2 atom stereocenters. The van der Waals surface area contributed by atoms with Gasteiger partial charge in [0, 0.05) is 24.0 Å². The molecule has 0 saturated heterocycles. The van der Waals surface area contributed by atoms with Gasteiger partial charge in [-0.2, -0.15) is 0 Å². The van der Waals surface area contributed by atoms with Gasteiger partial charge in [0.25, 0.3) is 0 Å². The number of ketones is 1. The van der Waals surface area contributed by atoms with E-state index in [4.69, 9.17) is 9.47 Å². The summed E-state index contributed by atoms with van der Waals surface area (Å²) in [6.07, 6.45) is 3.57. The van der Waals surface area contributed by atoms with Crippen LogP contribution in [0.2, 0.25) is 0 Å². The number of benzene rings is 3. The lowest BCUT2D eigenvalue weighted by Crippen LogP contribution is -2.55. The second-order valence-corrected chi connectivity index (χ2v) is 13.6. The lowest BCUT2D eigenvalue weighted by Gasteiger charge is -2.53. The van der Waals surface area contributed by atoms with Crippen LogP contribution < -0.4 is 9.47 Å². The molecule has 206 valence electrons. The minimum Gasteiger partial charge on any atom is -0.493 e. The molecule has 4 bridgehead atoms. The third-order valence-electron chi connectivity index (χ3n) is 8.86. The smallest absolute Gasteiger partial charge is 0.341 e. The van der Waals surface area contributed by atoms with E-state index in [1.54, 1.807) is 6.07 Å². The van der Waals surface area contributed by atoms with E-state index in [1.807, 2.05) is 62.4 Å². The fourth-order valence-electron chi connectivity index (χ4n) is 7.06. The number of esters is 1. The number of carboxylic acids is 1. The Kier molecular flexibility index (Phi) is 6.73. The van der Waals surface area contributed by atoms with Crippen molar-refractivity contribution in [1.29, 1.82) is 0 Å². The summed E-state index contributed by atoms with van der Waals surface area (Å²) in [6, 6.07) is 19.3. The molecule has 4 aliphatic carbocycles. The van der Waals surface area contributed by atoms with Crippen LogP contribution in [-0.2, 0) is 20.5 Å². The van der Waals surface area contributed by atoms with Crippen molar-refractivity contribution in [2.24, 2.45) is 23.2 Å². The first-order valence-electron chi connectivity index (χ1n) is 13.8. The van der Waals surface area contributed by atoms with Crippen molar-refractivity contribution in [1.82, 2.24) is 0 Å². The van der Waals surface area contributed by atoms with Gasteiger partial charge in [-0.05, 0) is 76.1 Å². The van der Waals surface area contributed by atoms with E-state index in [-0.39, 0.29) is 34.9 Å². The maximum absolute atomic E-state index is 13.9. The maximum atomic E-state index is 13.9. The second-order valence-electron chi connectivity index (χ2n) is 11.7. The van der Waals surface area contributed by atoms with Gasteiger partial charge >= 0.3 is 11.9 Å². The summed E-state index contributed by atoms with van der Waals surface area (Å²) in [5.41, 5.74) is 1.64. The van der Waals surface area contributed by atoms with Gasteiger partial charge in [-0.3, -0.25) is 9.59 Å². The van der Waals surface area contributed by atoms with E-state index in [9.17, 15) is 19.5 Å². The number of Topliss-reactive ketones (excluding diaryl/α,β-unsaturated/α-hetero) is 1. The molecular weight excluding hydrogens is 524 g/mol. The van der Waals surface area contributed by atoms with Crippen LogP contribution in [0.3, 0.4) is 0 Å². The number of carboxylic acid groups (broad SMARTS) is 1. The number of carbonyl (C=O) groups is 3. The number of aromatic carboxylic acids is 1. The van der Waals surface area contributed by atoms with Gasteiger partial charge in [-0.15, -0.1) is 0 Å². The van der Waals surface area contributed by atoms with Crippen LogP contribution in [0.4, 0.5) is 0 Å². The molecule has 0 amide bonds. The molecule has 0 aliphatic heterocycles. The van der Waals surface area contributed by atoms with Crippen LogP contribution in [0.25, 0.3) is 0 Å². The van der Waals surface area contributed by atoms with Crippen LogP contribution in [0, 0.1) is 37.0 Å². The Morgan fingerprint density at radius 1 is 0.850 bits per heavy atom. The van der Waals surface area contributed by atoms with Crippen molar-refractivity contribution in [2.45, 2.75) is 60.6 Å². The Hall–Kier alpha value is -3.58. The molecule has 3 aromatic rings. The molecule has 6 nitrogen and oxygen atoms in total. The molecule has 4 aliphatic rings. The van der Waals surface area contributed by atoms with Crippen molar-refractivity contribution < 1.29 is 29.0 Å². The van der Waals surface area contributed by atoms with Gasteiger partial charge < -0.3 is 14.6 Å². The Balaban J connectivity index is 1.44. The molecule has 0 aromatic heterocycles. The summed E-state index contributed by atoms with van der Waals surface area (Å²) in [5.74, 6) is -0.425. The van der Waals surface area contributed by atoms with Gasteiger partial charge in [0.1, 0.15) is 22.2 Å². The van der Waals surface area contributed by atoms with Gasteiger partial charge in [-0.25, -0.2) is 4.79 Å². The number of aryl methyl sites for hydroxylation is 2. The van der Waals surface area contributed by atoms with Crippen molar-refractivity contribution in [3.8, 4) is 11.5 Å². The first-order chi connectivity index (χ1) is 19.2. The van der Waals surface area contributed by atoms with E-state index < -0.39 is 22.3 Å². The SMILES string of the molecule is COc1cc(C(=O)O)c([S+](c2ccc(C)cc2)c2ccc(C)cc2)cc1OC(=O)C12CC3CC(C1)C(=O)C(C3)C2. The monoisotopic (exact) mass is 557 g/mol. The minimum atomic E-state index is -1.08. The third kappa shape index (κ3) is 4.60. The quantitative estimate of drug-likeness (QED) is 0.205. The summed E-state index contributed by atoms with van der Waals surface area (Å²) in [6.45, 7) is 4.03. The largest absolute Gasteiger partial charge is 0.493 e. The zero-order chi connectivity index (χ0) is 28.2.